The Hall–Kier alpha value is -1.51. The van der Waals surface area contributed by atoms with Gasteiger partial charge in [-0.3, -0.25) is 4.90 Å². The Labute approximate surface area is 103 Å². The second-order valence-corrected chi connectivity index (χ2v) is 4.61. The van der Waals surface area contributed by atoms with Crippen LogP contribution in [0.15, 0.2) is 24.3 Å². The van der Waals surface area contributed by atoms with Crippen LogP contribution >= 0.6 is 0 Å². The van der Waals surface area contributed by atoms with Gasteiger partial charge >= 0.3 is 6.03 Å². The predicted molar refractivity (Wildman–Crippen MR) is 70.4 cm³/mol. The van der Waals surface area contributed by atoms with Crippen LogP contribution in [0, 0.1) is 6.92 Å². The molecule has 3 nitrogen and oxygen atoms in total. The molecule has 0 bridgehead atoms. The molecule has 92 valence electrons. The fourth-order valence-corrected chi connectivity index (χ4v) is 2.09. The Balaban J connectivity index is 2.09. The third kappa shape index (κ3) is 2.60. The molecule has 0 aliphatic heterocycles. The Morgan fingerprint density at radius 1 is 1.41 bits per heavy atom. The normalized spacial score (nSPS) is 15.2. The van der Waals surface area contributed by atoms with E-state index in [0.29, 0.717) is 12.6 Å². The zero-order valence-corrected chi connectivity index (χ0v) is 10.6. The molecule has 0 saturated heterocycles. The fraction of sp³-hybridized carbons (Fsp3) is 0.500. The average Bonchev–Trinajstić information content (AvgIpc) is 2.27. The van der Waals surface area contributed by atoms with Crippen molar-refractivity contribution < 1.29 is 4.79 Å². The molecule has 0 heterocycles. The minimum absolute atomic E-state index is 0.0338. The van der Waals surface area contributed by atoms with Crippen molar-refractivity contribution in [1.29, 1.82) is 0 Å². The number of hydrogen-bond acceptors (Lipinski definition) is 1. The van der Waals surface area contributed by atoms with Crippen LogP contribution in [0.4, 0.5) is 10.5 Å². The van der Waals surface area contributed by atoms with Gasteiger partial charge in [-0.05, 0) is 44.7 Å². The topological polar surface area (TPSA) is 32.3 Å². The Kier molecular flexibility index (Phi) is 3.67. The highest BCUT2D eigenvalue weighted by Crippen LogP contribution is 2.22. The molecule has 0 atom stereocenters. The minimum atomic E-state index is 0.0338. The second-order valence-electron chi connectivity index (χ2n) is 4.61. The molecule has 0 unspecified atom stereocenters. The maximum atomic E-state index is 12.1. The summed E-state index contributed by atoms with van der Waals surface area (Å²) in [6.07, 6.45) is 3.48. The molecule has 1 N–H and O–H groups in total. The van der Waals surface area contributed by atoms with E-state index in [1.807, 2.05) is 43.0 Å². The molecule has 0 spiro atoms. The minimum Gasteiger partial charge on any atom is -0.335 e. The highest BCUT2D eigenvalue weighted by Gasteiger charge is 2.23. The van der Waals surface area contributed by atoms with Gasteiger partial charge in [0.25, 0.3) is 0 Å². The van der Waals surface area contributed by atoms with E-state index in [1.54, 1.807) is 0 Å². The molecule has 0 radical (unpaired) electrons. The van der Waals surface area contributed by atoms with Gasteiger partial charge < -0.3 is 5.32 Å². The molecule has 1 aliphatic rings. The maximum Gasteiger partial charge on any atom is 0.322 e. The summed E-state index contributed by atoms with van der Waals surface area (Å²) in [4.78, 5) is 14.0. The molecule has 2 rings (SSSR count). The molecule has 1 aromatic rings. The summed E-state index contributed by atoms with van der Waals surface area (Å²) in [6.45, 7) is 4.74. The number of carbonyl (C=O) groups is 1. The zero-order valence-electron chi connectivity index (χ0n) is 10.6. The number of rotatable bonds is 3. The predicted octanol–water partition coefficient (Wildman–Crippen LogP) is 3.08. The lowest BCUT2D eigenvalue weighted by Crippen LogP contribution is -2.47. The number of carbonyl (C=O) groups excluding carboxylic acids is 1. The van der Waals surface area contributed by atoms with E-state index in [9.17, 15) is 4.79 Å². The first-order valence-electron chi connectivity index (χ1n) is 6.36. The summed E-state index contributed by atoms with van der Waals surface area (Å²) in [5, 5.41) is 3.08. The standard InChI is InChI=1S/C14H20N2O/c1-3-16(13-10-5-4-7-11(13)2)14(17)15-12-8-6-9-12/h4-5,7,10,12H,3,6,8-9H2,1-2H3,(H,15,17). The van der Waals surface area contributed by atoms with Crippen LogP contribution in [0.5, 0.6) is 0 Å². The Morgan fingerprint density at radius 2 is 2.12 bits per heavy atom. The zero-order chi connectivity index (χ0) is 12.3. The van der Waals surface area contributed by atoms with Crippen LogP contribution in [-0.4, -0.2) is 18.6 Å². The van der Waals surface area contributed by atoms with Crippen LogP contribution in [0.25, 0.3) is 0 Å². The summed E-state index contributed by atoms with van der Waals surface area (Å²) in [7, 11) is 0. The van der Waals surface area contributed by atoms with Gasteiger partial charge in [0.1, 0.15) is 0 Å². The number of aryl methyl sites for hydroxylation is 1. The molecular formula is C14H20N2O. The van der Waals surface area contributed by atoms with Crippen LogP contribution in [0.3, 0.4) is 0 Å². The molecule has 1 aromatic carbocycles. The number of anilines is 1. The summed E-state index contributed by atoms with van der Waals surface area (Å²) in [5.41, 5.74) is 2.14. The summed E-state index contributed by atoms with van der Waals surface area (Å²) in [5.74, 6) is 0. The Morgan fingerprint density at radius 3 is 2.65 bits per heavy atom. The first-order chi connectivity index (χ1) is 8.22. The lowest BCUT2D eigenvalue weighted by Gasteiger charge is -2.30. The first kappa shape index (κ1) is 12.0. The first-order valence-corrected chi connectivity index (χ1v) is 6.36. The van der Waals surface area contributed by atoms with Crippen LogP contribution in [0.1, 0.15) is 31.7 Å². The highest BCUT2D eigenvalue weighted by molar-refractivity contribution is 5.92. The number of urea groups is 1. The van der Waals surface area contributed by atoms with Gasteiger partial charge in [-0.15, -0.1) is 0 Å². The van der Waals surface area contributed by atoms with Crippen LogP contribution < -0.4 is 10.2 Å². The van der Waals surface area contributed by atoms with E-state index >= 15 is 0 Å². The quantitative estimate of drug-likeness (QED) is 0.853. The van der Waals surface area contributed by atoms with Gasteiger partial charge in [-0.25, -0.2) is 4.79 Å². The molecule has 0 aromatic heterocycles. The van der Waals surface area contributed by atoms with E-state index in [-0.39, 0.29) is 6.03 Å². The SMILES string of the molecule is CCN(C(=O)NC1CCC1)c1ccccc1C. The van der Waals surface area contributed by atoms with Crippen LogP contribution in [0.2, 0.25) is 0 Å². The van der Waals surface area contributed by atoms with Gasteiger partial charge in [-0.2, -0.15) is 0 Å². The third-order valence-electron chi connectivity index (χ3n) is 3.40. The second kappa shape index (κ2) is 5.21. The fourth-order valence-electron chi connectivity index (χ4n) is 2.09. The number of benzene rings is 1. The van der Waals surface area contributed by atoms with Gasteiger partial charge in [0, 0.05) is 18.3 Å². The van der Waals surface area contributed by atoms with Gasteiger partial charge in [-0.1, -0.05) is 18.2 Å². The molecule has 17 heavy (non-hydrogen) atoms. The van der Waals surface area contributed by atoms with Gasteiger partial charge in [0.2, 0.25) is 0 Å². The van der Waals surface area contributed by atoms with Crippen LogP contribution in [-0.2, 0) is 0 Å². The van der Waals surface area contributed by atoms with Gasteiger partial charge in [0.15, 0.2) is 0 Å². The smallest absolute Gasteiger partial charge is 0.322 e. The van der Waals surface area contributed by atoms with E-state index in [4.69, 9.17) is 0 Å². The molecule has 2 amide bonds. The number of hydrogen-bond donors (Lipinski definition) is 1. The van der Waals surface area contributed by atoms with Crippen molar-refractivity contribution in [2.45, 2.75) is 39.2 Å². The van der Waals surface area contributed by atoms with Gasteiger partial charge in [0.05, 0.1) is 0 Å². The molecular weight excluding hydrogens is 212 g/mol. The van der Waals surface area contributed by atoms with Crippen molar-refractivity contribution in [3.05, 3.63) is 29.8 Å². The van der Waals surface area contributed by atoms with Crippen molar-refractivity contribution in [2.24, 2.45) is 0 Å². The number of para-hydroxylation sites is 1. The van der Waals surface area contributed by atoms with Crippen molar-refractivity contribution in [2.75, 3.05) is 11.4 Å². The maximum absolute atomic E-state index is 12.1. The van der Waals surface area contributed by atoms with Crippen molar-refractivity contribution in [3.63, 3.8) is 0 Å². The number of amides is 2. The summed E-state index contributed by atoms with van der Waals surface area (Å²) in [6, 6.07) is 8.43. The lowest BCUT2D eigenvalue weighted by molar-refractivity contribution is 0.234. The van der Waals surface area contributed by atoms with E-state index in [0.717, 1.165) is 24.1 Å². The van der Waals surface area contributed by atoms with E-state index in [1.165, 1.54) is 6.42 Å². The number of nitrogens with one attached hydrogen (secondary N) is 1. The molecule has 1 fully saturated rings. The summed E-state index contributed by atoms with van der Waals surface area (Å²) >= 11 is 0. The van der Waals surface area contributed by atoms with Crippen molar-refractivity contribution >= 4 is 11.7 Å². The lowest BCUT2D eigenvalue weighted by atomic mass is 9.93. The van der Waals surface area contributed by atoms with Crippen molar-refractivity contribution in [3.8, 4) is 0 Å². The molecule has 1 aliphatic carbocycles. The van der Waals surface area contributed by atoms with E-state index < -0.39 is 0 Å². The summed E-state index contributed by atoms with van der Waals surface area (Å²) < 4.78 is 0. The molecule has 1 saturated carbocycles. The van der Waals surface area contributed by atoms with Crippen molar-refractivity contribution in [1.82, 2.24) is 5.32 Å². The molecule has 3 heteroatoms. The monoisotopic (exact) mass is 232 g/mol. The average molecular weight is 232 g/mol. The van der Waals surface area contributed by atoms with E-state index in [2.05, 4.69) is 5.32 Å². The third-order valence-corrected chi connectivity index (χ3v) is 3.40. The Bertz CT molecular complexity index is 399. The highest BCUT2D eigenvalue weighted by atomic mass is 16.2. The number of nitrogens with zero attached hydrogens (tertiary/aromatic N) is 1. The largest absolute Gasteiger partial charge is 0.335 e.